The summed E-state index contributed by atoms with van der Waals surface area (Å²) in [5, 5.41) is 3.16. The number of carbonyl (C=O) groups is 2. The van der Waals surface area contributed by atoms with Crippen LogP contribution in [-0.2, 0) is 16.0 Å². The maximum Gasteiger partial charge on any atom is 0.268 e. The van der Waals surface area contributed by atoms with Gasteiger partial charge in [0.25, 0.3) is 5.91 Å². The Labute approximate surface area is 183 Å². The molecule has 3 fully saturated rings. The van der Waals surface area contributed by atoms with Gasteiger partial charge in [0.05, 0.1) is 24.8 Å². The Balaban J connectivity index is 1.26. The van der Waals surface area contributed by atoms with Crippen molar-refractivity contribution in [2.24, 2.45) is 23.2 Å². The van der Waals surface area contributed by atoms with Gasteiger partial charge in [0.15, 0.2) is 0 Å². The largest absolute Gasteiger partial charge is 0.375 e. The van der Waals surface area contributed by atoms with Crippen molar-refractivity contribution in [3.63, 3.8) is 0 Å². The Morgan fingerprint density at radius 3 is 2.87 bits per heavy atom. The number of nitrogens with one attached hydrogen (secondary N) is 1. The normalized spacial score (nSPS) is 29.1. The minimum atomic E-state index is -0.0789. The van der Waals surface area contributed by atoms with Crippen LogP contribution < -0.4 is 5.32 Å². The standard InChI is InChI=1S/C24H32N4O3/c1-15-13-27(9-10-31-15)21(29)11-17-14-28-19(5-4-6-20(28)26-17)23(30)25-12-16-7-8-18-22(16)24(18,2)3/h4-6,14-16,18,22H,7-13H2,1-3H3,(H,25,30)/t15?,16-,18?,22?/m0/s1. The van der Waals surface area contributed by atoms with Gasteiger partial charge >= 0.3 is 0 Å². The summed E-state index contributed by atoms with van der Waals surface area (Å²) in [6, 6.07) is 5.54. The minimum absolute atomic E-state index is 0.0485. The number of fused-ring (bicyclic) bond motifs is 2. The molecule has 0 radical (unpaired) electrons. The van der Waals surface area contributed by atoms with Crippen molar-refractivity contribution in [1.82, 2.24) is 19.6 Å². The van der Waals surface area contributed by atoms with Crippen molar-refractivity contribution in [1.29, 1.82) is 0 Å². The average Bonchev–Trinajstić information content (AvgIpc) is 3.12. The lowest BCUT2D eigenvalue weighted by atomic mass is 9.93. The molecule has 2 saturated carbocycles. The third kappa shape index (κ3) is 3.73. The van der Waals surface area contributed by atoms with Crippen LogP contribution in [0.3, 0.4) is 0 Å². The fourth-order valence-electron chi connectivity index (χ4n) is 6.03. The van der Waals surface area contributed by atoms with E-state index in [1.54, 1.807) is 4.40 Å². The van der Waals surface area contributed by atoms with E-state index in [1.165, 1.54) is 12.8 Å². The van der Waals surface area contributed by atoms with Crippen LogP contribution in [0.1, 0.15) is 49.8 Å². The molecule has 2 aromatic rings. The summed E-state index contributed by atoms with van der Waals surface area (Å²) in [5.41, 5.74) is 2.38. The fraction of sp³-hybridized carbons (Fsp3) is 0.625. The topological polar surface area (TPSA) is 75.9 Å². The number of nitrogens with zero attached hydrogens (tertiary/aromatic N) is 3. The number of hydrogen-bond acceptors (Lipinski definition) is 4. The average molecular weight is 425 g/mol. The van der Waals surface area contributed by atoms with E-state index < -0.39 is 0 Å². The summed E-state index contributed by atoms with van der Waals surface area (Å²) in [6.45, 7) is 9.21. The highest BCUT2D eigenvalue weighted by Gasteiger charge is 2.63. The van der Waals surface area contributed by atoms with E-state index >= 15 is 0 Å². The van der Waals surface area contributed by atoms with E-state index in [9.17, 15) is 9.59 Å². The summed E-state index contributed by atoms with van der Waals surface area (Å²) in [6.07, 6.45) is 4.61. The van der Waals surface area contributed by atoms with Crippen LogP contribution in [0.25, 0.3) is 5.65 Å². The number of amides is 2. The first-order chi connectivity index (χ1) is 14.8. The molecular formula is C24H32N4O3. The zero-order valence-corrected chi connectivity index (χ0v) is 18.6. The second-order valence-electron chi connectivity index (χ2n) is 10.1. The zero-order chi connectivity index (χ0) is 21.8. The number of carbonyl (C=O) groups excluding carboxylic acids is 2. The first-order valence-corrected chi connectivity index (χ1v) is 11.5. The van der Waals surface area contributed by atoms with E-state index in [0.29, 0.717) is 48.1 Å². The molecule has 3 heterocycles. The van der Waals surface area contributed by atoms with E-state index in [-0.39, 0.29) is 24.3 Å². The lowest BCUT2D eigenvalue weighted by Crippen LogP contribution is -2.45. The van der Waals surface area contributed by atoms with Crippen LogP contribution in [0, 0.1) is 23.2 Å². The van der Waals surface area contributed by atoms with Crippen LogP contribution in [-0.4, -0.2) is 58.4 Å². The van der Waals surface area contributed by atoms with Gasteiger partial charge in [-0.3, -0.25) is 14.0 Å². The number of ether oxygens (including phenoxy) is 1. The first kappa shape index (κ1) is 20.5. The molecule has 7 nitrogen and oxygen atoms in total. The molecule has 0 spiro atoms. The van der Waals surface area contributed by atoms with Crippen LogP contribution in [0.5, 0.6) is 0 Å². The van der Waals surface area contributed by atoms with E-state index in [4.69, 9.17) is 4.74 Å². The second kappa shape index (κ2) is 7.62. The van der Waals surface area contributed by atoms with Gasteiger partial charge in [0, 0.05) is 25.8 Å². The highest BCUT2D eigenvalue weighted by atomic mass is 16.5. The highest BCUT2D eigenvalue weighted by molar-refractivity contribution is 5.93. The van der Waals surface area contributed by atoms with Gasteiger partial charge in [-0.25, -0.2) is 4.98 Å². The number of aromatic nitrogens is 2. The molecule has 2 amide bonds. The van der Waals surface area contributed by atoms with Crippen molar-refractivity contribution < 1.29 is 14.3 Å². The smallest absolute Gasteiger partial charge is 0.268 e. The van der Waals surface area contributed by atoms with Crippen LogP contribution in [0.2, 0.25) is 0 Å². The van der Waals surface area contributed by atoms with Crippen molar-refractivity contribution in [3.8, 4) is 0 Å². The Morgan fingerprint density at radius 2 is 2.13 bits per heavy atom. The lowest BCUT2D eigenvalue weighted by Gasteiger charge is -2.31. The van der Waals surface area contributed by atoms with Gasteiger partial charge in [0.1, 0.15) is 11.3 Å². The Bertz CT molecular complexity index is 1010. The number of hydrogen-bond donors (Lipinski definition) is 1. The fourth-order valence-corrected chi connectivity index (χ4v) is 6.03. The molecule has 3 aliphatic rings. The predicted molar refractivity (Wildman–Crippen MR) is 117 cm³/mol. The molecule has 1 saturated heterocycles. The minimum Gasteiger partial charge on any atom is -0.375 e. The van der Waals surface area contributed by atoms with Gasteiger partial charge < -0.3 is 15.0 Å². The molecule has 7 heteroatoms. The van der Waals surface area contributed by atoms with Crippen molar-refractivity contribution >= 4 is 17.5 Å². The molecule has 3 unspecified atom stereocenters. The molecule has 0 bridgehead atoms. The zero-order valence-electron chi connectivity index (χ0n) is 18.6. The maximum absolute atomic E-state index is 13.0. The number of morpholine rings is 1. The molecule has 2 aromatic heterocycles. The summed E-state index contributed by atoms with van der Waals surface area (Å²) in [7, 11) is 0. The van der Waals surface area contributed by atoms with Gasteiger partial charge in [-0.1, -0.05) is 19.9 Å². The SMILES string of the molecule is CC1CN(C(=O)Cc2cn3c(C(=O)NC[C@@H]4CCC5C4C5(C)C)cccc3n2)CCO1. The van der Waals surface area contributed by atoms with Crippen molar-refractivity contribution in [2.45, 2.75) is 46.1 Å². The van der Waals surface area contributed by atoms with Gasteiger partial charge in [-0.2, -0.15) is 0 Å². The summed E-state index contributed by atoms with van der Waals surface area (Å²) in [4.78, 5) is 32.1. The molecule has 2 aliphatic carbocycles. The third-order valence-corrected chi connectivity index (χ3v) is 7.72. The van der Waals surface area contributed by atoms with Gasteiger partial charge in [-0.15, -0.1) is 0 Å². The quantitative estimate of drug-likeness (QED) is 0.800. The molecule has 1 aliphatic heterocycles. The molecule has 1 N–H and O–H groups in total. The first-order valence-electron chi connectivity index (χ1n) is 11.5. The van der Waals surface area contributed by atoms with Crippen LogP contribution in [0.15, 0.2) is 24.4 Å². The molecule has 166 valence electrons. The Morgan fingerprint density at radius 1 is 1.29 bits per heavy atom. The maximum atomic E-state index is 13.0. The number of imidazole rings is 1. The third-order valence-electron chi connectivity index (χ3n) is 7.72. The van der Waals surface area contributed by atoms with E-state index in [1.807, 2.05) is 36.2 Å². The van der Waals surface area contributed by atoms with Crippen LogP contribution in [0.4, 0.5) is 0 Å². The predicted octanol–water partition coefficient (Wildman–Crippen LogP) is 2.54. The summed E-state index contributed by atoms with van der Waals surface area (Å²) in [5.74, 6) is 2.13. The van der Waals surface area contributed by atoms with Gasteiger partial charge in [0.2, 0.25) is 5.91 Å². The van der Waals surface area contributed by atoms with Crippen LogP contribution >= 0.6 is 0 Å². The second-order valence-corrected chi connectivity index (χ2v) is 10.1. The van der Waals surface area contributed by atoms with Crippen molar-refractivity contribution in [2.75, 3.05) is 26.2 Å². The summed E-state index contributed by atoms with van der Waals surface area (Å²) < 4.78 is 7.32. The Hall–Kier alpha value is -2.41. The van der Waals surface area contributed by atoms with Crippen molar-refractivity contribution in [3.05, 3.63) is 35.8 Å². The van der Waals surface area contributed by atoms with E-state index in [2.05, 4.69) is 24.1 Å². The van der Waals surface area contributed by atoms with E-state index in [0.717, 1.165) is 18.4 Å². The van der Waals surface area contributed by atoms with Gasteiger partial charge in [-0.05, 0) is 55.1 Å². The Kier molecular flexibility index (Phi) is 5.04. The molecular weight excluding hydrogens is 392 g/mol. The highest BCUT2D eigenvalue weighted by Crippen LogP contribution is 2.68. The monoisotopic (exact) mass is 424 g/mol. The summed E-state index contributed by atoms with van der Waals surface area (Å²) >= 11 is 0. The molecule has 5 rings (SSSR count). The number of pyridine rings is 1. The molecule has 31 heavy (non-hydrogen) atoms. The lowest BCUT2D eigenvalue weighted by molar-refractivity contribution is -0.137. The molecule has 4 atom stereocenters. The molecule has 0 aromatic carbocycles. The number of rotatable bonds is 5.